The molecule has 0 unspecified atom stereocenters. The van der Waals surface area contributed by atoms with E-state index in [1.165, 1.54) is 11.5 Å². The molecule has 3 nitrogen and oxygen atoms in total. The summed E-state index contributed by atoms with van der Waals surface area (Å²) < 4.78 is 54.9. The fourth-order valence-electron chi connectivity index (χ4n) is 2.40. The summed E-state index contributed by atoms with van der Waals surface area (Å²) in [6, 6.07) is 1.76. The van der Waals surface area contributed by atoms with E-state index in [2.05, 4.69) is 4.99 Å². The van der Waals surface area contributed by atoms with Crippen LogP contribution < -0.4 is 4.67 Å². The molecule has 1 heterocycles. The molecule has 27 heavy (non-hydrogen) atoms. The van der Waals surface area contributed by atoms with Gasteiger partial charge in [-0.1, -0.05) is 13.8 Å². The first-order chi connectivity index (χ1) is 12.3. The predicted molar refractivity (Wildman–Crippen MR) is 97.1 cm³/mol. The predicted octanol–water partition coefficient (Wildman–Crippen LogP) is 5.40. The molecule has 0 spiro atoms. The smallest absolute Gasteiger partial charge is 0.298 e. The molecular formula is C19H22F4N2OS. The number of halogens is 4. The molecule has 2 aromatic rings. The van der Waals surface area contributed by atoms with Gasteiger partial charge in [0.2, 0.25) is 0 Å². The van der Waals surface area contributed by atoms with Crippen molar-refractivity contribution < 1.29 is 22.4 Å². The van der Waals surface area contributed by atoms with Crippen LogP contribution in [0.2, 0.25) is 0 Å². The molecule has 0 aliphatic carbocycles. The molecule has 0 bridgehead atoms. The van der Waals surface area contributed by atoms with Crippen molar-refractivity contribution in [1.82, 2.24) is 3.96 Å². The summed E-state index contributed by atoms with van der Waals surface area (Å²) in [4.78, 5) is 16.4. The fourth-order valence-corrected chi connectivity index (χ4v) is 3.41. The lowest BCUT2D eigenvalue weighted by atomic mass is 10.1. The van der Waals surface area contributed by atoms with Crippen LogP contribution >= 0.6 is 11.5 Å². The van der Waals surface area contributed by atoms with Gasteiger partial charge in [-0.25, -0.2) is 4.39 Å². The Morgan fingerprint density at radius 1 is 1.22 bits per heavy atom. The average molecular weight is 402 g/mol. The number of benzene rings is 1. The van der Waals surface area contributed by atoms with E-state index in [0.717, 1.165) is 5.56 Å². The number of hydrogen-bond acceptors (Lipinski definition) is 2. The molecule has 0 atom stereocenters. The number of rotatable bonds is 3. The summed E-state index contributed by atoms with van der Waals surface area (Å²) >= 11 is 1.23. The van der Waals surface area contributed by atoms with Crippen LogP contribution in [0.15, 0.2) is 29.4 Å². The maximum absolute atomic E-state index is 14.0. The maximum atomic E-state index is 14.0. The molecule has 0 radical (unpaired) electrons. The lowest BCUT2D eigenvalue weighted by Gasteiger charge is -2.19. The minimum absolute atomic E-state index is 0.241. The van der Waals surface area contributed by atoms with E-state index in [9.17, 15) is 22.4 Å². The number of carbonyl (C=O) groups excluding carboxylic acids is 1. The Hall–Kier alpha value is -1.96. The zero-order valence-electron chi connectivity index (χ0n) is 15.8. The number of nitrogens with zero attached hydrogens (tertiary/aromatic N) is 2. The SMILES string of the molecule is CC(C)Cc1cn(C(C)(C)C)sc1=NC(=O)c1cc(C(F)(F)F)ccc1F. The van der Waals surface area contributed by atoms with Gasteiger partial charge in [0.15, 0.2) is 0 Å². The minimum Gasteiger partial charge on any atom is -0.298 e. The summed E-state index contributed by atoms with van der Waals surface area (Å²) in [5.74, 6) is -1.75. The highest BCUT2D eigenvalue weighted by Gasteiger charge is 2.32. The molecule has 1 aromatic carbocycles. The van der Waals surface area contributed by atoms with Crippen LogP contribution in [0.4, 0.5) is 17.6 Å². The first-order valence-electron chi connectivity index (χ1n) is 8.47. The summed E-state index contributed by atoms with van der Waals surface area (Å²) in [5.41, 5.74) is -1.20. The molecule has 8 heteroatoms. The molecule has 148 valence electrons. The van der Waals surface area contributed by atoms with Crippen molar-refractivity contribution >= 4 is 17.4 Å². The van der Waals surface area contributed by atoms with Gasteiger partial charge in [-0.15, -0.1) is 0 Å². The quantitative estimate of drug-likeness (QED) is 0.633. The van der Waals surface area contributed by atoms with Gasteiger partial charge in [0.1, 0.15) is 10.5 Å². The molecule has 0 N–H and O–H groups in total. The van der Waals surface area contributed by atoms with Crippen LogP contribution in [0.3, 0.4) is 0 Å². The van der Waals surface area contributed by atoms with Gasteiger partial charge >= 0.3 is 6.18 Å². The van der Waals surface area contributed by atoms with Crippen molar-refractivity contribution in [3.8, 4) is 0 Å². The lowest BCUT2D eigenvalue weighted by Crippen LogP contribution is -2.18. The van der Waals surface area contributed by atoms with Gasteiger partial charge in [0, 0.05) is 17.3 Å². The molecule has 0 fully saturated rings. The number of carbonyl (C=O) groups is 1. The van der Waals surface area contributed by atoms with Crippen molar-refractivity contribution in [2.45, 2.75) is 52.8 Å². The van der Waals surface area contributed by atoms with E-state index in [0.29, 0.717) is 35.2 Å². The van der Waals surface area contributed by atoms with E-state index in [4.69, 9.17) is 0 Å². The molecule has 0 aliphatic rings. The molecule has 1 aromatic heterocycles. The van der Waals surface area contributed by atoms with Crippen molar-refractivity contribution in [2.75, 3.05) is 0 Å². The van der Waals surface area contributed by atoms with E-state index in [-0.39, 0.29) is 5.54 Å². The van der Waals surface area contributed by atoms with Crippen molar-refractivity contribution in [1.29, 1.82) is 0 Å². The van der Waals surface area contributed by atoms with Gasteiger partial charge < -0.3 is 0 Å². The summed E-state index contributed by atoms with van der Waals surface area (Å²) in [5, 5.41) is 0. The molecular weight excluding hydrogens is 380 g/mol. The lowest BCUT2D eigenvalue weighted by molar-refractivity contribution is -0.137. The van der Waals surface area contributed by atoms with Crippen LogP contribution in [0, 0.1) is 11.7 Å². The van der Waals surface area contributed by atoms with Crippen molar-refractivity contribution in [3.05, 3.63) is 51.6 Å². The monoisotopic (exact) mass is 402 g/mol. The summed E-state index contributed by atoms with van der Waals surface area (Å²) in [6.45, 7) is 9.98. The van der Waals surface area contributed by atoms with Crippen LogP contribution in [0.1, 0.15) is 56.1 Å². The Morgan fingerprint density at radius 2 is 1.85 bits per heavy atom. The van der Waals surface area contributed by atoms with Gasteiger partial charge in [-0.2, -0.15) is 18.2 Å². The second kappa shape index (κ2) is 7.58. The van der Waals surface area contributed by atoms with Gasteiger partial charge in [-0.3, -0.25) is 8.75 Å². The highest BCUT2D eigenvalue weighted by Crippen LogP contribution is 2.30. The summed E-state index contributed by atoms with van der Waals surface area (Å²) in [6.07, 6.45) is -2.13. The first kappa shape index (κ1) is 21.3. The molecule has 0 saturated carbocycles. The van der Waals surface area contributed by atoms with E-state index in [1.54, 1.807) is 0 Å². The Balaban J connectivity index is 2.55. The van der Waals surface area contributed by atoms with Crippen LogP contribution in [-0.4, -0.2) is 9.86 Å². The third kappa shape index (κ3) is 5.28. The third-order valence-electron chi connectivity index (χ3n) is 3.75. The molecule has 1 amide bonds. The zero-order valence-corrected chi connectivity index (χ0v) is 16.6. The topological polar surface area (TPSA) is 34.4 Å². The van der Waals surface area contributed by atoms with Crippen LogP contribution in [0.25, 0.3) is 0 Å². The van der Waals surface area contributed by atoms with Crippen LogP contribution in [-0.2, 0) is 18.1 Å². The molecule has 0 aliphatic heterocycles. The summed E-state index contributed by atoms with van der Waals surface area (Å²) in [7, 11) is 0. The number of amides is 1. The van der Waals surface area contributed by atoms with Gasteiger partial charge in [0.05, 0.1) is 11.1 Å². The van der Waals surface area contributed by atoms with E-state index in [1.807, 2.05) is 44.8 Å². The number of hydrogen-bond donors (Lipinski definition) is 0. The number of aromatic nitrogens is 1. The van der Waals surface area contributed by atoms with Gasteiger partial charge in [-0.05, 0) is 62.8 Å². The Kier molecular flexibility index (Phi) is 5.99. The molecule has 2 rings (SSSR count). The van der Waals surface area contributed by atoms with Crippen molar-refractivity contribution in [3.63, 3.8) is 0 Å². The van der Waals surface area contributed by atoms with E-state index < -0.39 is 29.0 Å². The van der Waals surface area contributed by atoms with Crippen LogP contribution in [0.5, 0.6) is 0 Å². The normalized spacial score (nSPS) is 13.5. The number of alkyl halides is 3. The Morgan fingerprint density at radius 3 is 2.37 bits per heavy atom. The second-order valence-electron chi connectivity index (χ2n) is 7.75. The van der Waals surface area contributed by atoms with Gasteiger partial charge in [0.25, 0.3) is 5.91 Å². The largest absolute Gasteiger partial charge is 0.416 e. The first-order valence-corrected chi connectivity index (χ1v) is 9.24. The Labute approximate surface area is 159 Å². The standard InChI is InChI=1S/C19H22F4N2OS/c1-11(2)8-12-10-25(18(3,4)5)27-17(12)24-16(26)14-9-13(19(21,22)23)6-7-15(14)20/h6-7,9-11H,8H2,1-5H3. The fraction of sp³-hybridized carbons (Fsp3) is 0.474. The average Bonchev–Trinajstić information content (AvgIpc) is 2.88. The Bertz CT molecular complexity index is 902. The zero-order chi connectivity index (χ0) is 20.6. The highest BCUT2D eigenvalue weighted by molar-refractivity contribution is 7.04. The molecule has 0 saturated heterocycles. The highest BCUT2D eigenvalue weighted by atomic mass is 32.1. The third-order valence-corrected chi connectivity index (χ3v) is 5.13. The maximum Gasteiger partial charge on any atom is 0.416 e. The van der Waals surface area contributed by atoms with E-state index >= 15 is 0 Å². The minimum atomic E-state index is -4.66. The van der Waals surface area contributed by atoms with Crippen molar-refractivity contribution in [2.24, 2.45) is 10.9 Å². The second-order valence-corrected chi connectivity index (χ2v) is 8.72.